The number of aliphatic hydroxyl groups is 2. The Balaban J connectivity index is 1.86. The van der Waals surface area contributed by atoms with Gasteiger partial charge in [-0.3, -0.25) is 5.41 Å². The highest BCUT2D eigenvalue weighted by Gasteiger charge is 2.29. The summed E-state index contributed by atoms with van der Waals surface area (Å²) in [7, 11) is 3.17. The summed E-state index contributed by atoms with van der Waals surface area (Å²) in [6.07, 6.45) is 0.553. The number of benzene rings is 1. The van der Waals surface area contributed by atoms with Crippen LogP contribution in [-0.2, 0) is 0 Å². The quantitative estimate of drug-likeness (QED) is 0.688. The molecule has 0 atom stereocenters. The summed E-state index contributed by atoms with van der Waals surface area (Å²) < 4.78 is 10.6. The SMILES string of the molecule is COc1ccc(-c2csc(C3=C(O)CN(CCCO)C3=N)n2)cc1OC. The molecule has 26 heavy (non-hydrogen) atoms. The molecule has 0 bridgehead atoms. The van der Waals surface area contributed by atoms with Gasteiger partial charge in [-0.1, -0.05) is 0 Å². The number of amidine groups is 1. The molecular weight excluding hydrogens is 354 g/mol. The molecule has 0 aliphatic carbocycles. The molecule has 1 aromatic carbocycles. The van der Waals surface area contributed by atoms with Crippen molar-refractivity contribution in [2.75, 3.05) is 33.9 Å². The lowest BCUT2D eigenvalue weighted by atomic mass is 10.1. The van der Waals surface area contributed by atoms with E-state index in [1.807, 2.05) is 23.6 Å². The Kier molecular flexibility index (Phi) is 5.43. The molecular formula is C18H21N3O4S. The summed E-state index contributed by atoms with van der Waals surface area (Å²) in [5, 5.41) is 30.0. The number of methoxy groups -OCH3 is 2. The van der Waals surface area contributed by atoms with Crippen LogP contribution in [0.25, 0.3) is 16.8 Å². The molecule has 0 radical (unpaired) electrons. The third kappa shape index (κ3) is 3.38. The van der Waals surface area contributed by atoms with Crippen LogP contribution in [0.3, 0.4) is 0 Å². The van der Waals surface area contributed by atoms with E-state index in [1.54, 1.807) is 19.1 Å². The predicted molar refractivity (Wildman–Crippen MR) is 101 cm³/mol. The van der Waals surface area contributed by atoms with Crippen LogP contribution in [0.5, 0.6) is 11.5 Å². The Morgan fingerprint density at radius 3 is 2.73 bits per heavy atom. The number of rotatable bonds is 7. The highest BCUT2D eigenvalue weighted by atomic mass is 32.1. The van der Waals surface area contributed by atoms with Crippen LogP contribution < -0.4 is 9.47 Å². The summed E-state index contributed by atoms with van der Waals surface area (Å²) in [6.45, 7) is 0.858. The first kappa shape index (κ1) is 18.2. The zero-order chi connectivity index (χ0) is 18.7. The van der Waals surface area contributed by atoms with Crippen molar-refractivity contribution in [3.63, 3.8) is 0 Å². The van der Waals surface area contributed by atoms with Crippen LogP contribution in [0.4, 0.5) is 0 Å². The lowest BCUT2D eigenvalue weighted by Crippen LogP contribution is -2.28. The van der Waals surface area contributed by atoms with Crippen molar-refractivity contribution in [2.24, 2.45) is 0 Å². The third-order valence-corrected chi connectivity index (χ3v) is 5.03. The number of aliphatic hydroxyl groups excluding tert-OH is 2. The maximum Gasteiger partial charge on any atom is 0.161 e. The molecule has 0 fully saturated rings. The van der Waals surface area contributed by atoms with Gasteiger partial charge in [-0.2, -0.15) is 0 Å². The fraction of sp³-hybridized carbons (Fsp3) is 0.333. The fourth-order valence-electron chi connectivity index (χ4n) is 2.83. The molecule has 3 rings (SSSR count). The Morgan fingerprint density at radius 2 is 2.04 bits per heavy atom. The number of hydrogen-bond acceptors (Lipinski definition) is 7. The van der Waals surface area contributed by atoms with Gasteiger partial charge < -0.3 is 24.6 Å². The third-order valence-electron chi connectivity index (χ3n) is 4.17. The molecule has 7 nitrogen and oxygen atoms in total. The van der Waals surface area contributed by atoms with Gasteiger partial charge in [0.25, 0.3) is 0 Å². The molecule has 0 unspecified atom stereocenters. The number of nitrogens with one attached hydrogen (secondary N) is 1. The maximum atomic E-state index is 10.3. The average Bonchev–Trinajstić information content (AvgIpc) is 3.23. The standard InChI is InChI=1S/C18H21N3O4S/c1-24-14-5-4-11(8-15(14)25-2)12-10-26-18(20-12)16-13(23)9-21(17(16)19)6-3-7-22/h4-5,8,10,19,22-23H,3,6-7,9H2,1-2H3. The van der Waals surface area contributed by atoms with Gasteiger partial charge in [0.05, 0.1) is 32.0 Å². The van der Waals surface area contributed by atoms with E-state index in [9.17, 15) is 5.11 Å². The van der Waals surface area contributed by atoms with Gasteiger partial charge in [-0.25, -0.2) is 4.98 Å². The van der Waals surface area contributed by atoms with Gasteiger partial charge in [-0.05, 0) is 24.6 Å². The van der Waals surface area contributed by atoms with Crippen LogP contribution in [0.2, 0.25) is 0 Å². The second-order valence-electron chi connectivity index (χ2n) is 5.78. The predicted octanol–water partition coefficient (Wildman–Crippen LogP) is 2.77. The number of aromatic nitrogens is 1. The van der Waals surface area contributed by atoms with Gasteiger partial charge in [0, 0.05) is 24.1 Å². The molecule has 0 saturated heterocycles. The van der Waals surface area contributed by atoms with E-state index in [1.165, 1.54) is 11.3 Å². The Bertz CT molecular complexity index is 847. The Morgan fingerprint density at radius 1 is 1.27 bits per heavy atom. The summed E-state index contributed by atoms with van der Waals surface area (Å²) >= 11 is 1.38. The lowest BCUT2D eigenvalue weighted by molar-refractivity contribution is 0.265. The van der Waals surface area contributed by atoms with Crippen LogP contribution in [0.15, 0.2) is 29.3 Å². The lowest BCUT2D eigenvalue weighted by Gasteiger charge is -2.17. The largest absolute Gasteiger partial charge is 0.510 e. The smallest absolute Gasteiger partial charge is 0.161 e. The zero-order valence-corrected chi connectivity index (χ0v) is 15.5. The Labute approximate surface area is 155 Å². The molecule has 2 aromatic rings. The van der Waals surface area contributed by atoms with Crippen molar-refractivity contribution >= 4 is 22.7 Å². The second kappa shape index (κ2) is 7.76. The van der Waals surface area contributed by atoms with E-state index in [4.69, 9.17) is 20.0 Å². The fourth-order valence-corrected chi connectivity index (χ4v) is 3.72. The molecule has 1 aliphatic rings. The first-order valence-corrected chi connectivity index (χ1v) is 9.02. The van der Waals surface area contributed by atoms with E-state index in [2.05, 4.69) is 4.98 Å². The first-order chi connectivity index (χ1) is 12.6. The van der Waals surface area contributed by atoms with Crippen molar-refractivity contribution in [1.29, 1.82) is 5.41 Å². The van der Waals surface area contributed by atoms with Crippen LogP contribution in [0.1, 0.15) is 11.4 Å². The van der Waals surface area contributed by atoms with E-state index in [0.29, 0.717) is 35.0 Å². The second-order valence-corrected chi connectivity index (χ2v) is 6.63. The number of hydrogen-bond donors (Lipinski definition) is 3. The van der Waals surface area contributed by atoms with Gasteiger partial charge in [0.1, 0.15) is 16.6 Å². The summed E-state index contributed by atoms with van der Waals surface area (Å²) in [5.74, 6) is 1.64. The molecule has 138 valence electrons. The molecule has 1 aliphatic heterocycles. The molecule has 8 heteroatoms. The maximum absolute atomic E-state index is 10.3. The van der Waals surface area contributed by atoms with Crippen molar-refractivity contribution in [2.45, 2.75) is 6.42 Å². The molecule has 0 spiro atoms. The zero-order valence-electron chi connectivity index (χ0n) is 14.7. The molecule has 2 heterocycles. The number of ether oxygens (including phenoxy) is 2. The molecule has 1 aromatic heterocycles. The van der Waals surface area contributed by atoms with Gasteiger partial charge in [0.2, 0.25) is 0 Å². The van der Waals surface area contributed by atoms with Crippen molar-refractivity contribution in [3.05, 3.63) is 34.3 Å². The van der Waals surface area contributed by atoms with E-state index < -0.39 is 0 Å². The average molecular weight is 375 g/mol. The summed E-state index contributed by atoms with van der Waals surface area (Å²) in [6, 6.07) is 5.56. The van der Waals surface area contributed by atoms with Crippen LogP contribution in [-0.4, -0.2) is 59.8 Å². The Hall–Kier alpha value is -2.58. The first-order valence-electron chi connectivity index (χ1n) is 8.14. The normalized spacial score (nSPS) is 14.3. The molecule has 0 saturated carbocycles. The van der Waals surface area contributed by atoms with Crippen molar-refractivity contribution in [1.82, 2.24) is 9.88 Å². The molecule has 0 amide bonds. The van der Waals surface area contributed by atoms with Crippen LogP contribution in [0, 0.1) is 5.41 Å². The highest BCUT2D eigenvalue weighted by Crippen LogP contribution is 2.35. The monoisotopic (exact) mass is 375 g/mol. The minimum atomic E-state index is 0.0561. The van der Waals surface area contributed by atoms with E-state index >= 15 is 0 Å². The minimum Gasteiger partial charge on any atom is -0.510 e. The molecule has 3 N–H and O–H groups in total. The topological polar surface area (TPSA) is 98.9 Å². The highest BCUT2D eigenvalue weighted by molar-refractivity contribution is 7.11. The van der Waals surface area contributed by atoms with Crippen molar-refractivity contribution in [3.8, 4) is 22.8 Å². The van der Waals surface area contributed by atoms with Crippen LogP contribution >= 0.6 is 11.3 Å². The van der Waals surface area contributed by atoms with E-state index in [-0.39, 0.29) is 24.7 Å². The van der Waals surface area contributed by atoms with E-state index in [0.717, 1.165) is 11.3 Å². The van der Waals surface area contributed by atoms with Gasteiger partial charge in [0.15, 0.2) is 11.5 Å². The number of thiazole rings is 1. The van der Waals surface area contributed by atoms with Gasteiger partial charge >= 0.3 is 0 Å². The number of nitrogens with zero attached hydrogens (tertiary/aromatic N) is 2. The minimum absolute atomic E-state index is 0.0561. The van der Waals surface area contributed by atoms with Crippen molar-refractivity contribution < 1.29 is 19.7 Å². The summed E-state index contributed by atoms with van der Waals surface area (Å²) in [4.78, 5) is 6.33. The van der Waals surface area contributed by atoms with Gasteiger partial charge in [-0.15, -0.1) is 11.3 Å². The summed E-state index contributed by atoms with van der Waals surface area (Å²) in [5.41, 5.74) is 2.07.